The van der Waals surface area contributed by atoms with Gasteiger partial charge in [0.15, 0.2) is 11.5 Å². The number of anilines is 1. The molecule has 0 bridgehead atoms. The second-order valence-corrected chi connectivity index (χ2v) is 7.81. The molecule has 1 amide bonds. The highest BCUT2D eigenvalue weighted by Crippen LogP contribution is 2.32. The van der Waals surface area contributed by atoms with E-state index in [1.807, 2.05) is 49.4 Å². The molecule has 0 aliphatic carbocycles. The third-order valence-electron chi connectivity index (χ3n) is 5.38. The minimum atomic E-state index is -0.0947. The van der Waals surface area contributed by atoms with Crippen molar-refractivity contribution in [1.82, 2.24) is 10.2 Å². The summed E-state index contributed by atoms with van der Waals surface area (Å²) in [6.45, 7) is 6.88. The number of benzene rings is 2. The smallest absolute Gasteiger partial charge is 0.234 e. The van der Waals surface area contributed by atoms with E-state index in [0.29, 0.717) is 19.8 Å². The van der Waals surface area contributed by atoms with Crippen LogP contribution >= 0.6 is 11.6 Å². The van der Waals surface area contributed by atoms with Gasteiger partial charge in [0.2, 0.25) is 5.91 Å². The number of hydrogen-bond acceptors (Lipinski definition) is 5. The number of para-hydroxylation sites is 1. The molecule has 4 rings (SSSR count). The molecule has 0 radical (unpaired) electrons. The van der Waals surface area contributed by atoms with Crippen molar-refractivity contribution in [2.75, 3.05) is 50.8 Å². The van der Waals surface area contributed by atoms with E-state index in [4.69, 9.17) is 21.1 Å². The highest BCUT2D eigenvalue weighted by molar-refractivity contribution is 6.33. The molecule has 1 fully saturated rings. The van der Waals surface area contributed by atoms with E-state index in [-0.39, 0.29) is 11.9 Å². The molecule has 154 valence electrons. The summed E-state index contributed by atoms with van der Waals surface area (Å²) in [4.78, 5) is 17.0. The van der Waals surface area contributed by atoms with Crippen molar-refractivity contribution < 1.29 is 14.3 Å². The van der Waals surface area contributed by atoms with Gasteiger partial charge in [-0.3, -0.25) is 9.69 Å². The van der Waals surface area contributed by atoms with Gasteiger partial charge in [0.1, 0.15) is 13.2 Å². The van der Waals surface area contributed by atoms with Crippen LogP contribution in [0.3, 0.4) is 0 Å². The Bertz CT molecular complexity index is 868. The molecule has 2 aromatic carbocycles. The van der Waals surface area contributed by atoms with Crippen LogP contribution < -0.4 is 19.7 Å². The monoisotopic (exact) mass is 415 g/mol. The van der Waals surface area contributed by atoms with Crippen LogP contribution in [-0.2, 0) is 4.79 Å². The van der Waals surface area contributed by atoms with Crippen LogP contribution in [0.25, 0.3) is 0 Å². The van der Waals surface area contributed by atoms with Crippen LogP contribution in [0, 0.1) is 0 Å². The quantitative estimate of drug-likeness (QED) is 0.813. The number of fused-ring (bicyclic) bond motifs is 1. The first kappa shape index (κ1) is 19.9. The molecule has 2 aliphatic heterocycles. The number of carbonyl (C=O) groups is 1. The summed E-state index contributed by atoms with van der Waals surface area (Å²) in [7, 11) is 0. The Balaban J connectivity index is 1.27. The van der Waals surface area contributed by atoms with Gasteiger partial charge in [0, 0.05) is 26.2 Å². The minimum absolute atomic E-state index is 0.0265. The molecule has 0 saturated carbocycles. The Hall–Kier alpha value is -2.44. The van der Waals surface area contributed by atoms with Gasteiger partial charge in [-0.05, 0) is 36.8 Å². The summed E-state index contributed by atoms with van der Waals surface area (Å²) in [6, 6.07) is 13.6. The Labute approximate surface area is 176 Å². The van der Waals surface area contributed by atoms with Gasteiger partial charge < -0.3 is 19.7 Å². The molecule has 1 N–H and O–H groups in total. The molecule has 0 spiro atoms. The number of hydrogen-bond donors (Lipinski definition) is 1. The van der Waals surface area contributed by atoms with Crippen molar-refractivity contribution in [2.45, 2.75) is 13.0 Å². The molecule has 2 aliphatic rings. The highest BCUT2D eigenvalue weighted by Gasteiger charge is 2.21. The Kier molecular flexibility index (Phi) is 6.11. The Morgan fingerprint density at radius 1 is 1.07 bits per heavy atom. The Morgan fingerprint density at radius 2 is 1.79 bits per heavy atom. The molecule has 7 heteroatoms. The average Bonchev–Trinajstić information content (AvgIpc) is 2.74. The normalized spacial score (nSPS) is 17.7. The summed E-state index contributed by atoms with van der Waals surface area (Å²) in [5.74, 6) is 1.53. The largest absolute Gasteiger partial charge is 0.486 e. The van der Waals surface area contributed by atoms with Crippen molar-refractivity contribution in [3.05, 3.63) is 53.1 Å². The summed E-state index contributed by atoms with van der Waals surface area (Å²) in [5, 5.41) is 3.86. The third-order valence-corrected chi connectivity index (χ3v) is 5.70. The lowest BCUT2D eigenvalue weighted by molar-refractivity contribution is -0.123. The zero-order valence-corrected chi connectivity index (χ0v) is 17.3. The number of halogens is 1. The lowest BCUT2D eigenvalue weighted by Crippen LogP contribution is -2.49. The summed E-state index contributed by atoms with van der Waals surface area (Å²) in [6.07, 6.45) is 0. The van der Waals surface area contributed by atoms with Gasteiger partial charge in [-0.2, -0.15) is 0 Å². The molecule has 29 heavy (non-hydrogen) atoms. The second kappa shape index (κ2) is 8.93. The number of rotatable bonds is 5. The third kappa shape index (κ3) is 4.77. The van der Waals surface area contributed by atoms with E-state index in [2.05, 4.69) is 15.1 Å². The van der Waals surface area contributed by atoms with Gasteiger partial charge in [0.05, 0.1) is 23.3 Å². The van der Waals surface area contributed by atoms with Crippen molar-refractivity contribution in [3.8, 4) is 11.5 Å². The van der Waals surface area contributed by atoms with Crippen LogP contribution in [0.1, 0.15) is 18.5 Å². The highest BCUT2D eigenvalue weighted by atomic mass is 35.5. The minimum Gasteiger partial charge on any atom is -0.486 e. The second-order valence-electron chi connectivity index (χ2n) is 7.41. The summed E-state index contributed by atoms with van der Waals surface area (Å²) < 4.78 is 11.2. The number of nitrogens with one attached hydrogen (secondary N) is 1. The van der Waals surface area contributed by atoms with E-state index in [1.165, 1.54) is 0 Å². The van der Waals surface area contributed by atoms with Gasteiger partial charge >= 0.3 is 0 Å². The molecule has 6 nitrogen and oxygen atoms in total. The maximum absolute atomic E-state index is 12.5. The SMILES string of the molecule is C[C@@H](NC(=O)CN1CCN(c2ccccc2Cl)CC1)c1ccc2c(c1)OCCO2. The standard InChI is InChI=1S/C22H26ClN3O3/c1-16(17-6-7-20-21(14-17)29-13-12-28-20)24-22(27)15-25-8-10-26(11-9-25)19-5-3-2-4-18(19)23/h2-7,14,16H,8-13,15H2,1H3,(H,24,27)/t16-/m1/s1. The Morgan fingerprint density at radius 3 is 2.55 bits per heavy atom. The molecule has 1 saturated heterocycles. The zero-order chi connectivity index (χ0) is 20.2. The number of piperazine rings is 1. The van der Waals surface area contributed by atoms with Gasteiger partial charge in [-0.1, -0.05) is 29.8 Å². The predicted molar refractivity (Wildman–Crippen MR) is 114 cm³/mol. The fraction of sp³-hybridized carbons (Fsp3) is 0.409. The predicted octanol–water partition coefficient (Wildman–Crippen LogP) is 3.11. The lowest BCUT2D eigenvalue weighted by atomic mass is 10.1. The first-order valence-electron chi connectivity index (χ1n) is 10.0. The van der Waals surface area contributed by atoms with E-state index >= 15 is 0 Å². The van der Waals surface area contributed by atoms with E-state index < -0.39 is 0 Å². The van der Waals surface area contributed by atoms with E-state index in [9.17, 15) is 4.79 Å². The molecule has 2 aromatic rings. The van der Waals surface area contributed by atoms with Gasteiger partial charge in [-0.25, -0.2) is 0 Å². The van der Waals surface area contributed by atoms with Gasteiger partial charge in [0.25, 0.3) is 0 Å². The van der Waals surface area contributed by atoms with Crippen LogP contribution in [0.15, 0.2) is 42.5 Å². The number of amides is 1. The fourth-order valence-corrected chi connectivity index (χ4v) is 4.01. The first-order chi connectivity index (χ1) is 14.1. The zero-order valence-electron chi connectivity index (χ0n) is 16.6. The maximum Gasteiger partial charge on any atom is 0.234 e. The molecular weight excluding hydrogens is 390 g/mol. The molecule has 0 aromatic heterocycles. The van der Waals surface area contributed by atoms with Crippen LogP contribution in [0.4, 0.5) is 5.69 Å². The van der Waals surface area contributed by atoms with Crippen molar-refractivity contribution in [3.63, 3.8) is 0 Å². The van der Waals surface area contributed by atoms with E-state index in [1.54, 1.807) is 0 Å². The lowest BCUT2D eigenvalue weighted by Gasteiger charge is -2.36. The molecule has 2 heterocycles. The number of carbonyl (C=O) groups excluding carboxylic acids is 1. The first-order valence-corrected chi connectivity index (χ1v) is 10.4. The topological polar surface area (TPSA) is 54.0 Å². The molecular formula is C22H26ClN3O3. The average molecular weight is 416 g/mol. The fourth-order valence-electron chi connectivity index (χ4n) is 3.76. The molecule has 1 atom stereocenters. The number of nitrogens with zero attached hydrogens (tertiary/aromatic N) is 2. The maximum atomic E-state index is 12.5. The van der Waals surface area contributed by atoms with Crippen LogP contribution in [-0.4, -0.2) is 56.7 Å². The van der Waals surface area contributed by atoms with E-state index in [0.717, 1.165) is 54.0 Å². The van der Waals surface area contributed by atoms with Crippen LogP contribution in [0.5, 0.6) is 11.5 Å². The van der Waals surface area contributed by atoms with Gasteiger partial charge in [-0.15, -0.1) is 0 Å². The summed E-state index contributed by atoms with van der Waals surface area (Å²) >= 11 is 6.30. The van der Waals surface area contributed by atoms with Crippen LogP contribution in [0.2, 0.25) is 5.02 Å². The van der Waals surface area contributed by atoms with Crippen molar-refractivity contribution in [2.24, 2.45) is 0 Å². The van der Waals surface area contributed by atoms with Crippen molar-refractivity contribution in [1.29, 1.82) is 0 Å². The molecule has 0 unspecified atom stereocenters. The number of ether oxygens (including phenoxy) is 2. The summed E-state index contributed by atoms with van der Waals surface area (Å²) in [5.41, 5.74) is 2.07. The van der Waals surface area contributed by atoms with Crippen molar-refractivity contribution >= 4 is 23.2 Å².